The second kappa shape index (κ2) is 11.2. The van der Waals surface area contributed by atoms with Crippen molar-refractivity contribution in [2.75, 3.05) is 55.7 Å². The van der Waals surface area contributed by atoms with Crippen LogP contribution >= 0.6 is 12.2 Å². The Morgan fingerprint density at radius 3 is 2.57 bits per heavy atom. The maximum absolute atomic E-state index is 15.0. The number of anilines is 2. The van der Waals surface area contributed by atoms with Crippen LogP contribution in [0, 0.1) is 11.7 Å². The number of nitrogens with zero attached hydrogens (tertiary/aromatic N) is 3. The molecule has 1 aromatic rings. The van der Waals surface area contributed by atoms with Gasteiger partial charge in [0.1, 0.15) is 11.9 Å². The molecular formula is C24H31FN4O5S. The molecular weight excluding hydrogens is 475 g/mol. The Hall–Kier alpha value is -2.95. The molecule has 1 saturated carbocycles. The summed E-state index contributed by atoms with van der Waals surface area (Å²) in [5, 5.41) is 3.24. The smallest absolute Gasteiger partial charge is 0.414 e. The first kappa shape index (κ1) is 25.2. The normalized spacial score (nSPS) is 20.7. The second-order valence-electron chi connectivity index (χ2n) is 9.13. The number of hydrogen-bond acceptors (Lipinski definition) is 7. The highest BCUT2D eigenvalue weighted by atomic mass is 32.1. The molecule has 9 nitrogen and oxygen atoms in total. The largest absolute Gasteiger partial charge is 0.456 e. The highest BCUT2D eigenvalue weighted by Gasteiger charge is 2.33. The van der Waals surface area contributed by atoms with E-state index in [1.54, 1.807) is 17.0 Å². The van der Waals surface area contributed by atoms with Crippen LogP contribution in [0.25, 0.3) is 0 Å². The number of thiocarbonyl (C=S) groups is 1. The van der Waals surface area contributed by atoms with Crippen LogP contribution in [0.5, 0.6) is 0 Å². The number of rotatable bonds is 7. The predicted octanol–water partition coefficient (Wildman–Crippen LogP) is 2.47. The molecule has 2 saturated heterocycles. The summed E-state index contributed by atoms with van der Waals surface area (Å²) >= 11 is 5.48. The lowest BCUT2D eigenvalue weighted by atomic mass is 10.1. The number of ether oxygens (including phenoxy) is 2. The molecule has 2 heterocycles. The lowest BCUT2D eigenvalue weighted by Crippen LogP contribution is -2.50. The van der Waals surface area contributed by atoms with Gasteiger partial charge in [-0.2, -0.15) is 0 Å². The Morgan fingerprint density at radius 2 is 1.91 bits per heavy atom. The summed E-state index contributed by atoms with van der Waals surface area (Å²) in [6.07, 6.45) is 3.74. The predicted molar refractivity (Wildman–Crippen MR) is 132 cm³/mol. The minimum atomic E-state index is -0.504. The zero-order valence-corrected chi connectivity index (χ0v) is 20.7. The molecule has 2 amide bonds. The Bertz CT molecular complexity index is 979. The molecule has 0 aromatic heterocycles. The zero-order chi connectivity index (χ0) is 24.9. The van der Waals surface area contributed by atoms with Crippen LogP contribution in [0.2, 0.25) is 0 Å². The van der Waals surface area contributed by atoms with Crippen molar-refractivity contribution in [1.29, 1.82) is 0 Å². The fourth-order valence-electron chi connectivity index (χ4n) is 4.76. The summed E-state index contributed by atoms with van der Waals surface area (Å²) < 4.78 is 25.2. The van der Waals surface area contributed by atoms with Gasteiger partial charge in [0.25, 0.3) is 5.91 Å². The molecule has 190 valence electrons. The van der Waals surface area contributed by atoms with E-state index >= 15 is 4.39 Å². The molecule has 2 aliphatic heterocycles. The van der Waals surface area contributed by atoms with Crippen molar-refractivity contribution in [3.8, 4) is 0 Å². The van der Waals surface area contributed by atoms with Crippen molar-refractivity contribution in [3.05, 3.63) is 24.0 Å². The Balaban J connectivity index is 1.29. The quantitative estimate of drug-likeness (QED) is 0.446. The van der Waals surface area contributed by atoms with Gasteiger partial charge in [0.15, 0.2) is 6.61 Å². The molecule has 1 aromatic carbocycles. The van der Waals surface area contributed by atoms with Gasteiger partial charge in [-0.1, -0.05) is 25.1 Å². The molecule has 0 spiro atoms. The van der Waals surface area contributed by atoms with Crippen LogP contribution in [0.15, 0.2) is 18.2 Å². The number of carbonyl (C=O) groups excluding carboxylic acids is 3. The van der Waals surface area contributed by atoms with Crippen LogP contribution in [0.1, 0.15) is 32.6 Å². The summed E-state index contributed by atoms with van der Waals surface area (Å²) in [6, 6.07) is 4.69. The number of hydrogen-bond donors (Lipinski definition) is 1. The second-order valence-corrected chi connectivity index (χ2v) is 9.57. The fourth-order valence-corrected chi connectivity index (χ4v) is 5.08. The molecule has 35 heavy (non-hydrogen) atoms. The minimum Gasteiger partial charge on any atom is -0.456 e. The number of esters is 1. The zero-order valence-electron chi connectivity index (χ0n) is 19.8. The van der Waals surface area contributed by atoms with E-state index in [-0.39, 0.29) is 18.6 Å². The van der Waals surface area contributed by atoms with Gasteiger partial charge in [0, 0.05) is 39.0 Å². The molecule has 1 atom stereocenters. The molecule has 0 bridgehead atoms. The summed E-state index contributed by atoms with van der Waals surface area (Å²) in [6.45, 7) is 3.43. The van der Waals surface area contributed by atoms with E-state index in [2.05, 4.69) is 5.32 Å². The molecule has 1 N–H and O–H groups in total. The maximum atomic E-state index is 15.0. The van der Waals surface area contributed by atoms with Crippen molar-refractivity contribution in [2.45, 2.75) is 38.7 Å². The van der Waals surface area contributed by atoms with Gasteiger partial charge in [-0.25, -0.2) is 9.18 Å². The van der Waals surface area contributed by atoms with Gasteiger partial charge in [-0.05, 0) is 31.0 Å². The summed E-state index contributed by atoms with van der Waals surface area (Å²) in [5.74, 6) is -0.805. The molecule has 1 unspecified atom stereocenters. The van der Waals surface area contributed by atoms with Gasteiger partial charge >= 0.3 is 12.1 Å². The summed E-state index contributed by atoms with van der Waals surface area (Å²) in [7, 11) is 0. The van der Waals surface area contributed by atoms with Crippen LogP contribution in [-0.2, 0) is 19.1 Å². The van der Waals surface area contributed by atoms with Crippen molar-refractivity contribution in [2.24, 2.45) is 5.92 Å². The van der Waals surface area contributed by atoms with Gasteiger partial charge < -0.3 is 24.6 Å². The third-order valence-electron chi connectivity index (χ3n) is 6.72. The molecule has 3 aliphatic rings. The SMILES string of the molecule is CC(=O)OCC(=O)N1CCN(c2ccc(N3CC(CNC(=S)C4CCCC4)OC3=O)cc2F)CC1. The Labute approximate surface area is 209 Å². The van der Waals surface area contributed by atoms with Crippen LogP contribution < -0.4 is 15.1 Å². The van der Waals surface area contributed by atoms with E-state index in [1.165, 1.54) is 30.7 Å². The number of benzene rings is 1. The first-order chi connectivity index (χ1) is 16.8. The van der Waals surface area contributed by atoms with Crippen molar-refractivity contribution >= 4 is 46.6 Å². The standard InChI is InChI=1S/C24H31FN4O5S/c1-16(30)33-15-22(31)28-10-8-27(9-11-28)21-7-6-18(12-20(21)25)29-14-19(34-24(29)32)13-26-23(35)17-4-2-3-5-17/h6-7,12,17,19H,2-5,8-11,13-15H2,1H3,(H,26,35). The topological polar surface area (TPSA) is 91.4 Å². The minimum absolute atomic E-state index is 0.267. The first-order valence-corrected chi connectivity index (χ1v) is 12.4. The van der Waals surface area contributed by atoms with Gasteiger partial charge in [-0.15, -0.1) is 0 Å². The van der Waals surface area contributed by atoms with Gasteiger partial charge in [0.2, 0.25) is 0 Å². The molecule has 4 rings (SSSR count). The molecule has 3 fully saturated rings. The number of halogens is 1. The molecule has 0 radical (unpaired) electrons. The number of amides is 2. The van der Waals surface area contributed by atoms with Gasteiger partial charge in [-0.3, -0.25) is 14.5 Å². The van der Waals surface area contributed by atoms with E-state index in [4.69, 9.17) is 21.7 Å². The van der Waals surface area contributed by atoms with E-state index < -0.39 is 17.9 Å². The monoisotopic (exact) mass is 506 g/mol. The lowest BCUT2D eigenvalue weighted by Gasteiger charge is -2.36. The van der Waals surface area contributed by atoms with Crippen molar-refractivity contribution in [1.82, 2.24) is 10.2 Å². The van der Waals surface area contributed by atoms with E-state index in [0.29, 0.717) is 56.6 Å². The average Bonchev–Trinajstić information content (AvgIpc) is 3.51. The van der Waals surface area contributed by atoms with Gasteiger partial charge in [0.05, 0.1) is 29.5 Å². The fraction of sp³-hybridized carbons (Fsp3) is 0.583. The molecule has 1 aliphatic carbocycles. The third-order valence-corrected chi connectivity index (χ3v) is 7.20. The summed E-state index contributed by atoms with van der Waals surface area (Å²) in [5.41, 5.74) is 0.848. The summed E-state index contributed by atoms with van der Waals surface area (Å²) in [4.78, 5) is 41.1. The maximum Gasteiger partial charge on any atom is 0.414 e. The number of nitrogens with one attached hydrogen (secondary N) is 1. The van der Waals surface area contributed by atoms with Crippen LogP contribution in [-0.4, -0.2) is 79.8 Å². The van der Waals surface area contributed by atoms with Crippen LogP contribution in [0.4, 0.5) is 20.6 Å². The first-order valence-electron chi connectivity index (χ1n) is 12.0. The highest BCUT2D eigenvalue weighted by Crippen LogP contribution is 2.29. The van der Waals surface area contributed by atoms with E-state index in [1.807, 2.05) is 4.90 Å². The average molecular weight is 507 g/mol. The Morgan fingerprint density at radius 1 is 1.20 bits per heavy atom. The highest BCUT2D eigenvalue weighted by molar-refractivity contribution is 7.80. The van der Waals surface area contributed by atoms with E-state index in [9.17, 15) is 14.4 Å². The molecule has 11 heteroatoms. The lowest BCUT2D eigenvalue weighted by molar-refractivity contribution is -0.150. The number of cyclic esters (lactones) is 1. The van der Waals surface area contributed by atoms with Crippen molar-refractivity contribution < 1.29 is 28.2 Å². The van der Waals surface area contributed by atoms with E-state index in [0.717, 1.165) is 17.8 Å². The number of piperazine rings is 1. The number of carbonyl (C=O) groups is 3. The van der Waals surface area contributed by atoms with Crippen molar-refractivity contribution in [3.63, 3.8) is 0 Å². The third kappa shape index (κ3) is 6.19. The van der Waals surface area contributed by atoms with Crippen LogP contribution in [0.3, 0.4) is 0 Å². The Kier molecular flexibility index (Phi) is 8.04.